The quantitative estimate of drug-likeness (QED) is 0.878. The Morgan fingerprint density at radius 3 is 2.47 bits per heavy atom. The van der Waals surface area contributed by atoms with Gasteiger partial charge >= 0.3 is 0 Å². The van der Waals surface area contributed by atoms with Gasteiger partial charge in [-0.2, -0.15) is 0 Å². The summed E-state index contributed by atoms with van der Waals surface area (Å²) in [5, 5.41) is 2.74. The molecule has 96 valence electrons. The number of hydrogen-bond acceptors (Lipinski definition) is 2. The van der Waals surface area contributed by atoms with Crippen LogP contribution in [0.15, 0.2) is 60.8 Å². The van der Waals surface area contributed by atoms with Gasteiger partial charge in [-0.25, -0.2) is 0 Å². The largest absolute Gasteiger partial charge is 0.329 e. The number of carbonyl (C=O) groups excluding carboxylic acids is 1. The molecule has 0 fully saturated rings. The third-order valence-corrected chi connectivity index (χ3v) is 2.79. The summed E-state index contributed by atoms with van der Waals surface area (Å²) in [7, 11) is 0. The minimum atomic E-state index is -0.123. The average Bonchev–Trinajstić information content (AvgIpc) is 2.48. The summed E-state index contributed by atoms with van der Waals surface area (Å²) in [6.07, 6.45) is 3.49. The van der Waals surface area contributed by atoms with E-state index >= 15 is 0 Å². The highest BCUT2D eigenvalue weighted by molar-refractivity contribution is 5.95. The lowest BCUT2D eigenvalue weighted by Gasteiger charge is -2.03. The van der Waals surface area contributed by atoms with E-state index in [1.807, 2.05) is 48.5 Å². The highest BCUT2D eigenvalue weighted by Crippen LogP contribution is 2.09. The first-order chi connectivity index (χ1) is 9.31. The van der Waals surface area contributed by atoms with Crippen molar-refractivity contribution in [2.24, 2.45) is 5.73 Å². The van der Waals surface area contributed by atoms with E-state index in [0.717, 1.165) is 11.1 Å². The first-order valence-electron chi connectivity index (χ1n) is 6.11. The molecular formula is C16H16N2O. The number of benzene rings is 2. The van der Waals surface area contributed by atoms with Crippen LogP contribution in [0.25, 0.3) is 6.08 Å². The zero-order chi connectivity index (χ0) is 13.5. The fraction of sp³-hybridized carbons (Fsp3) is 0.0625. The van der Waals surface area contributed by atoms with Gasteiger partial charge in [0.25, 0.3) is 5.91 Å². The van der Waals surface area contributed by atoms with Crippen LogP contribution in [0.4, 0.5) is 0 Å². The Morgan fingerprint density at radius 1 is 1.05 bits per heavy atom. The standard InChI is InChI=1S/C16H16N2O/c17-12-15-9-5-4-6-13(15)10-11-18-16(19)14-7-2-1-3-8-14/h1-11H,12,17H2,(H,18,19). The predicted molar refractivity (Wildman–Crippen MR) is 77.3 cm³/mol. The smallest absolute Gasteiger partial charge is 0.255 e. The molecule has 0 aliphatic heterocycles. The molecule has 0 spiro atoms. The van der Waals surface area contributed by atoms with Crippen LogP contribution in [0.1, 0.15) is 21.5 Å². The van der Waals surface area contributed by atoms with E-state index in [9.17, 15) is 4.79 Å². The molecule has 3 N–H and O–H groups in total. The molecule has 19 heavy (non-hydrogen) atoms. The molecule has 0 heterocycles. The lowest BCUT2D eigenvalue weighted by Crippen LogP contribution is -2.16. The van der Waals surface area contributed by atoms with Crippen molar-refractivity contribution in [3.8, 4) is 0 Å². The minimum Gasteiger partial charge on any atom is -0.329 e. The molecule has 0 unspecified atom stereocenters. The van der Waals surface area contributed by atoms with E-state index < -0.39 is 0 Å². The van der Waals surface area contributed by atoms with Gasteiger partial charge in [0.1, 0.15) is 0 Å². The van der Waals surface area contributed by atoms with Crippen LogP contribution in [0.3, 0.4) is 0 Å². The van der Waals surface area contributed by atoms with Gasteiger partial charge in [0.05, 0.1) is 0 Å². The van der Waals surface area contributed by atoms with Crippen molar-refractivity contribution < 1.29 is 4.79 Å². The average molecular weight is 252 g/mol. The van der Waals surface area contributed by atoms with Crippen molar-refractivity contribution in [2.75, 3.05) is 0 Å². The first-order valence-corrected chi connectivity index (χ1v) is 6.11. The van der Waals surface area contributed by atoms with Gasteiger partial charge in [-0.3, -0.25) is 4.79 Å². The molecule has 0 bridgehead atoms. The number of nitrogens with one attached hydrogen (secondary N) is 1. The van der Waals surface area contributed by atoms with Gasteiger partial charge in [-0.05, 0) is 29.3 Å². The van der Waals surface area contributed by atoms with E-state index in [4.69, 9.17) is 5.73 Å². The summed E-state index contributed by atoms with van der Waals surface area (Å²) in [6, 6.07) is 16.9. The van der Waals surface area contributed by atoms with Crippen LogP contribution in [0, 0.1) is 0 Å². The van der Waals surface area contributed by atoms with E-state index in [2.05, 4.69) is 5.32 Å². The lowest BCUT2D eigenvalue weighted by molar-refractivity contribution is 0.0970. The minimum absolute atomic E-state index is 0.123. The van der Waals surface area contributed by atoms with Crippen LogP contribution in [0.2, 0.25) is 0 Å². The van der Waals surface area contributed by atoms with Crippen LogP contribution in [0.5, 0.6) is 0 Å². The first kappa shape index (κ1) is 13.1. The Morgan fingerprint density at radius 2 is 1.74 bits per heavy atom. The number of amides is 1. The molecule has 0 atom stereocenters. The van der Waals surface area contributed by atoms with Gasteiger partial charge in [-0.15, -0.1) is 0 Å². The summed E-state index contributed by atoms with van der Waals surface area (Å²) in [5.41, 5.74) is 8.35. The second-order valence-electron chi connectivity index (χ2n) is 4.08. The van der Waals surface area contributed by atoms with Crippen molar-refractivity contribution in [3.05, 3.63) is 77.5 Å². The van der Waals surface area contributed by atoms with Gasteiger partial charge in [0.15, 0.2) is 0 Å². The Hall–Kier alpha value is -2.39. The second-order valence-corrected chi connectivity index (χ2v) is 4.08. The fourth-order valence-corrected chi connectivity index (χ4v) is 1.76. The van der Waals surface area contributed by atoms with E-state index in [0.29, 0.717) is 12.1 Å². The zero-order valence-corrected chi connectivity index (χ0v) is 10.5. The normalized spacial score (nSPS) is 10.6. The van der Waals surface area contributed by atoms with Crippen LogP contribution < -0.4 is 11.1 Å². The number of rotatable bonds is 4. The molecule has 3 nitrogen and oxygen atoms in total. The molecule has 2 rings (SSSR count). The molecule has 0 aromatic heterocycles. The SMILES string of the molecule is NCc1ccccc1C=CNC(=O)c1ccccc1. The molecule has 2 aromatic rings. The van der Waals surface area contributed by atoms with E-state index in [-0.39, 0.29) is 5.91 Å². The zero-order valence-electron chi connectivity index (χ0n) is 10.5. The highest BCUT2D eigenvalue weighted by atomic mass is 16.1. The van der Waals surface area contributed by atoms with Crippen LogP contribution >= 0.6 is 0 Å². The molecule has 3 heteroatoms. The van der Waals surface area contributed by atoms with Crippen LogP contribution in [-0.4, -0.2) is 5.91 Å². The predicted octanol–water partition coefficient (Wildman–Crippen LogP) is 2.55. The molecule has 0 radical (unpaired) electrons. The third-order valence-electron chi connectivity index (χ3n) is 2.79. The van der Waals surface area contributed by atoms with Crippen molar-refractivity contribution in [3.63, 3.8) is 0 Å². The highest BCUT2D eigenvalue weighted by Gasteiger charge is 2.01. The van der Waals surface area contributed by atoms with Crippen molar-refractivity contribution in [2.45, 2.75) is 6.54 Å². The lowest BCUT2D eigenvalue weighted by atomic mass is 10.1. The molecule has 2 aromatic carbocycles. The second kappa shape index (κ2) is 6.52. The summed E-state index contributed by atoms with van der Waals surface area (Å²) in [6.45, 7) is 0.479. The van der Waals surface area contributed by atoms with E-state index in [1.54, 1.807) is 18.3 Å². The van der Waals surface area contributed by atoms with E-state index in [1.165, 1.54) is 0 Å². The topological polar surface area (TPSA) is 55.1 Å². The van der Waals surface area contributed by atoms with Gasteiger partial charge in [0.2, 0.25) is 0 Å². The third kappa shape index (κ3) is 3.53. The monoisotopic (exact) mass is 252 g/mol. The summed E-state index contributed by atoms with van der Waals surface area (Å²) in [5.74, 6) is -0.123. The summed E-state index contributed by atoms with van der Waals surface area (Å²) >= 11 is 0. The molecule has 0 saturated heterocycles. The molecule has 0 aliphatic carbocycles. The number of nitrogens with two attached hydrogens (primary N) is 1. The number of hydrogen-bond donors (Lipinski definition) is 2. The Kier molecular flexibility index (Phi) is 4.48. The van der Waals surface area contributed by atoms with Gasteiger partial charge in [0, 0.05) is 18.3 Å². The molecule has 1 amide bonds. The maximum absolute atomic E-state index is 11.8. The molecule has 0 saturated carbocycles. The van der Waals surface area contributed by atoms with Gasteiger partial charge in [-0.1, -0.05) is 42.5 Å². The van der Waals surface area contributed by atoms with Crippen molar-refractivity contribution >= 4 is 12.0 Å². The Labute approximate surface area is 112 Å². The fourth-order valence-electron chi connectivity index (χ4n) is 1.76. The maximum Gasteiger partial charge on any atom is 0.255 e. The van der Waals surface area contributed by atoms with Gasteiger partial charge < -0.3 is 11.1 Å². The molecule has 0 aliphatic rings. The summed E-state index contributed by atoms with van der Waals surface area (Å²) < 4.78 is 0. The van der Waals surface area contributed by atoms with Crippen molar-refractivity contribution in [1.29, 1.82) is 0 Å². The Bertz CT molecular complexity index is 576. The maximum atomic E-state index is 11.8. The number of carbonyl (C=O) groups is 1. The summed E-state index contributed by atoms with van der Waals surface area (Å²) in [4.78, 5) is 11.8. The van der Waals surface area contributed by atoms with Crippen LogP contribution in [-0.2, 0) is 6.54 Å². The van der Waals surface area contributed by atoms with Crippen molar-refractivity contribution in [1.82, 2.24) is 5.32 Å². The Balaban J connectivity index is 2.02. The molecular weight excluding hydrogens is 236 g/mol.